The molecule has 3 N–H and O–H groups in total. The number of hydrogen-bond donors (Lipinski definition) is 2. The van der Waals surface area contributed by atoms with Crippen molar-refractivity contribution < 1.29 is 4.74 Å². The third kappa shape index (κ3) is 6.59. The molecule has 0 amide bonds. The van der Waals surface area contributed by atoms with Crippen molar-refractivity contribution in [3.05, 3.63) is 65.2 Å². The molecule has 142 valence electrons. The molecule has 6 heteroatoms. The number of nitrogens with two attached hydrogens (primary N) is 1. The lowest BCUT2D eigenvalue weighted by atomic mass is 10.0. The third-order valence-corrected chi connectivity index (χ3v) is 4.10. The van der Waals surface area contributed by atoms with E-state index in [4.69, 9.17) is 10.5 Å². The molecule has 5 nitrogen and oxygen atoms in total. The van der Waals surface area contributed by atoms with Crippen LogP contribution >= 0.6 is 24.0 Å². The van der Waals surface area contributed by atoms with Gasteiger partial charge in [-0.15, -0.1) is 24.0 Å². The zero-order chi connectivity index (χ0) is 18.2. The number of para-hydroxylation sites is 1. The van der Waals surface area contributed by atoms with Gasteiger partial charge in [-0.2, -0.15) is 0 Å². The number of nitrogens with zero attached hydrogens (tertiary/aromatic N) is 2. The number of aliphatic imine (C=N–C) groups is 1. The van der Waals surface area contributed by atoms with E-state index in [-0.39, 0.29) is 30.0 Å². The summed E-state index contributed by atoms with van der Waals surface area (Å²) in [6.07, 6.45) is 0. The number of benzene rings is 2. The van der Waals surface area contributed by atoms with E-state index in [1.54, 1.807) is 7.11 Å². The van der Waals surface area contributed by atoms with Crippen LogP contribution in [0.4, 0.5) is 5.69 Å². The second-order valence-corrected chi connectivity index (χ2v) is 6.33. The normalized spacial score (nSPS) is 12.6. The molecule has 0 aliphatic rings. The summed E-state index contributed by atoms with van der Waals surface area (Å²) in [6, 6.07) is 16.6. The van der Waals surface area contributed by atoms with Crippen LogP contribution < -0.4 is 11.1 Å². The zero-order valence-electron chi connectivity index (χ0n) is 15.9. The van der Waals surface area contributed by atoms with Crippen molar-refractivity contribution in [1.82, 2.24) is 4.90 Å². The van der Waals surface area contributed by atoms with Gasteiger partial charge < -0.3 is 20.7 Å². The average Bonchev–Trinajstić information content (AvgIpc) is 2.58. The number of aryl methyl sites for hydroxylation is 1. The van der Waals surface area contributed by atoms with Crippen LogP contribution in [0.1, 0.15) is 22.7 Å². The first-order valence-electron chi connectivity index (χ1n) is 8.38. The molecule has 0 aromatic heterocycles. The molecule has 0 saturated heterocycles. The molecule has 0 aliphatic carbocycles. The number of methoxy groups -OCH3 is 1. The van der Waals surface area contributed by atoms with Gasteiger partial charge in [0.15, 0.2) is 5.96 Å². The lowest BCUT2D eigenvalue weighted by Gasteiger charge is -2.23. The zero-order valence-corrected chi connectivity index (χ0v) is 18.2. The maximum Gasteiger partial charge on any atom is 0.193 e. The molecule has 0 fully saturated rings. The summed E-state index contributed by atoms with van der Waals surface area (Å²) in [6.45, 7) is 3.20. The first kappa shape index (κ1) is 22.4. The molecule has 26 heavy (non-hydrogen) atoms. The van der Waals surface area contributed by atoms with Crippen molar-refractivity contribution >= 4 is 35.6 Å². The van der Waals surface area contributed by atoms with E-state index in [1.807, 2.05) is 24.3 Å². The first-order valence-corrected chi connectivity index (χ1v) is 8.38. The summed E-state index contributed by atoms with van der Waals surface area (Å²) in [5.41, 5.74) is 10.5. The maximum absolute atomic E-state index is 6.10. The number of anilines is 1. The van der Waals surface area contributed by atoms with Crippen molar-refractivity contribution in [3.8, 4) is 0 Å². The summed E-state index contributed by atoms with van der Waals surface area (Å²) in [7, 11) is 5.78. The van der Waals surface area contributed by atoms with E-state index in [1.165, 1.54) is 11.1 Å². The van der Waals surface area contributed by atoms with Crippen molar-refractivity contribution in [3.63, 3.8) is 0 Å². The van der Waals surface area contributed by atoms with E-state index in [2.05, 4.69) is 60.5 Å². The van der Waals surface area contributed by atoms with Gasteiger partial charge in [0.05, 0.1) is 19.2 Å². The lowest BCUT2D eigenvalue weighted by Crippen LogP contribution is -2.27. The van der Waals surface area contributed by atoms with Crippen molar-refractivity contribution in [2.45, 2.75) is 19.6 Å². The highest BCUT2D eigenvalue weighted by atomic mass is 127. The minimum atomic E-state index is 0. The van der Waals surface area contributed by atoms with Gasteiger partial charge in [0, 0.05) is 18.4 Å². The number of guanidine groups is 1. The topological polar surface area (TPSA) is 62.9 Å². The fourth-order valence-corrected chi connectivity index (χ4v) is 2.64. The Balaban J connectivity index is 0.00000338. The summed E-state index contributed by atoms with van der Waals surface area (Å²) >= 11 is 0. The van der Waals surface area contributed by atoms with E-state index in [0.717, 1.165) is 11.3 Å². The molecule has 1 atom stereocenters. The van der Waals surface area contributed by atoms with Gasteiger partial charge in [0.2, 0.25) is 0 Å². The summed E-state index contributed by atoms with van der Waals surface area (Å²) in [5.74, 6) is 0.405. The van der Waals surface area contributed by atoms with Crippen molar-refractivity contribution in [2.24, 2.45) is 10.7 Å². The highest BCUT2D eigenvalue weighted by Crippen LogP contribution is 2.19. The van der Waals surface area contributed by atoms with Crippen LogP contribution in [0, 0.1) is 6.92 Å². The van der Waals surface area contributed by atoms with Crippen LogP contribution in [0.15, 0.2) is 53.5 Å². The van der Waals surface area contributed by atoms with Crippen molar-refractivity contribution in [2.75, 3.05) is 33.1 Å². The van der Waals surface area contributed by atoms with Crippen LogP contribution in [0.2, 0.25) is 0 Å². The van der Waals surface area contributed by atoms with Crippen LogP contribution in [0.25, 0.3) is 0 Å². The van der Waals surface area contributed by atoms with E-state index < -0.39 is 0 Å². The van der Waals surface area contributed by atoms with Crippen LogP contribution in [0.3, 0.4) is 0 Å². The molecule has 0 radical (unpaired) electrons. The van der Waals surface area contributed by atoms with Gasteiger partial charge in [0.25, 0.3) is 0 Å². The molecular weight excluding hydrogens is 439 g/mol. The van der Waals surface area contributed by atoms with Crippen molar-refractivity contribution in [1.29, 1.82) is 0 Å². The second kappa shape index (κ2) is 11.2. The second-order valence-electron chi connectivity index (χ2n) is 6.33. The highest BCUT2D eigenvalue weighted by molar-refractivity contribution is 14.0. The molecule has 0 aliphatic heterocycles. The van der Waals surface area contributed by atoms with Gasteiger partial charge >= 0.3 is 0 Å². The first-order chi connectivity index (χ1) is 12.0. The van der Waals surface area contributed by atoms with Gasteiger partial charge in [0.1, 0.15) is 0 Å². The average molecular weight is 468 g/mol. The minimum Gasteiger partial charge on any atom is -0.380 e. The Kier molecular flexibility index (Phi) is 9.61. The Labute approximate surface area is 173 Å². The highest BCUT2D eigenvalue weighted by Gasteiger charge is 2.13. The number of ether oxygens (including phenoxy) is 1. The lowest BCUT2D eigenvalue weighted by molar-refractivity contribution is 0.185. The molecule has 2 aromatic carbocycles. The number of halogens is 1. The number of rotatable bonds is 7. The van der Waals surface area contributed by atoms with Gasteiger partial charge in [-0.1, -0.05) is 48.0 Å². The number of hydrogen-bond acceptors (Lipinski definition) is 3. The van der Waals surface area contributed by atoms with E-state index >= 15 is 0 Å². The fourth-order valence-electron chi connectivity index (χ4n) is 2.64. The summed E-state index contributed by atoms with van der Waals surface area (Å²) in [5, 5.41) is 3.18. The standard InChI is InChI=1S/C20H28N4O.HI/c1-15-9-11-16(12-10-15)19(24(2)3)13-22-20(21)23-18-8-6-5-7-17(18)14-25-4;/h5-12,19H,13-14H2,1-4H3,(H3,21,22,23);1H. The van der Waals surface area contributed by atoms with Gasteiger partial charge in [-0.05, 0) is 32.6 Å². The SMILES string of the molecule is COCc1ccccc1NC(N)=NCC(c1ccc(C)cc1)N(C)C.I. The molecule has 2 rings (SSSR count). The van der Waals surface area contributed by atoms with E-state index in [0.29, 0.717) is 19.1 Å². The van der Waals surface area contributed by atoms with Crippen LogP contribution in [0.5, 0.6) is 0 Å². The molecule has 0 spiro atoms. The van der Waals surface area contributed by atoms with Crippen LogP contribution in [-0.4, -0.2) is 38.6 Å². The molecule has 0 bridgehead atoms. The largest absolute Gasteiger partial charge is 0.380 e. The van der Waals surface area contributed by atoms with Gasteiger partial charge in [-0.25, -0.2) is 0 Å². The molecular formula is C20H29IN4O. The van der Waals surface area contributed by atoms with Gasteiger partial charge in [-0.3, -0.25) is 4.99 Å². The Hall–Kier alpha value is -1.64. The third-order valence-electron chi connectivity index (χ3n) is 4.10. The maximum atomic E-state index is 6.10. The Morgan fingerprint density at radius 2 is 1.81 bits per heavy atom. The van der Waals surface area contributed by atoms with E-state index in [9.17, 15) is 0 Å². The molecule has 2 aromatic rings. The molecule has 1 unspecified atom stereocenters. The Morgan fingerprint density at radius 3 is 2.42 bits per heavy atom. The smallest absolute Gasteiger partial charge is 0.193 e. The molecule has 0 heterocycles. The Bertz CT molecular complexity index is 701. The predicted octanol–water partition coefficient (Wildman–Crippen LogP) is 3.79. The summed E-state index contributed by atoms with van der Waals surface area (Å²) in [4.78, 5) is 6.69. The Morgan fingerprint density at radius 1 is 1.15 bits per heavy atom. The molecule has 0 saturated carbocycles. The number of likely N-dealkylation sites (N-methyl/N-ethyl adjacent to an activating group) is 1. The monoisotopic (exact) mass is 468 g/mol. The quantitative estimate of drug-likeness (QED) is 0.369. The predicted molar refractivity (Wildman–Crippen MR) is 120 cm³/mol. The number of nitrogens with one attached hydrogen (secondary N) is 1. The minimum absolute atomic E-state index is 0. The summed E-state index contributed by atoms with van der Waals surface area (Å²) < 4.78 is 5.22. The van der Waals surface area contributed by atoms with Crippen LogP contribution in [-0.2, 0) is 11.3 Å². The fraction of sp³-hybridized carbons (Fsp3) is 0.350.